The second-order valence-electron chi connectivity index (χ2n) is 6.12. The van der Waals surface area contributed by atoms with Crippen molar-refractivity contribution in [3.05, 3.63) is 77.1 Å². The number of anilines is 1. The number of carbonyl (C=O) groups is 1. The van der Waals surface area contributed by atoms with Crippen LogP contribution in [0.15, 0.2) is 54.6 Å². The van der Waals surface area contributed by atoms with E-state index in [4.69, 9.17) is 0 Å². The van der Waals surface area contributed by atoms with Crippen LogP contribution in [-0.2, 0) is 0 Å². The van der Waals surface area contributed by atoms with Crippen LogP contribution in [0.25, 0.3) is 0 Å². The van der Waals surface area contributed by atoms with E-state index in [2.05, 4.69) is 17.5 Å². The molecule has 0 bridgehead atoms. The molecule has 1 N–H and O–H groups in total. The molecule has 23 heavy (non-hydrogen) atoms. The van der Waals surface area contributed by atoms with Gasteiger partial charge in [-0.3, -0.25) is 0 Å². The van der Waals surface area contributed by atoms with Crippen LogP contribution in [0.4, 0.5) is 10.1 Å². The van der Waals surface area contributed by atoms with Crippen molar-refractivity contribution in [2.45, 2.75) is 18.4 Å². The Morgan fingerprint density at radius 2 is 1.96 bits per heavy atom. The maximum absolute atomic E-state index is 13.6. The van der Waals surface area contributed by atoms with Crippen LogP contribution < -0.4 is 10.4 Å². The summed E-state index contributed by atoms with van der Waals surface area (Å²) < 4.78 is 13.6. The van der Waals surface area contributed by atoms with Gasteiger partial charge in [0.15, 0.2) is 0 Å². The summed E-state index contributed by atoms with van der Waals surface area (Å²) in [6.07, 6.45) is 5.20. The first-order valence-electron chi connectivity index (χ1n) is 7.67. The van der Waals surface area contributed by atoms with Crippen LogP contribution in [-0.4, -0.2) is 5.97 Å². The lowest BCUT2D eigenvalue weighted by Gasteiger charge is -2.37. The molecule has 0 spiro atoms. The number of hydrogen-bond acceptors (Lipinski definition) is 3. The maximum Gasteiger partial charge on any atom is 0.123 e. The molecule has 0 amide bonds. The van der Waals surface area contributed by atoms with Crippen LogP contribution in [0, 0.1) is 11.7 Å². The van der Waals surface area contributed by atoms with Crippen molar-refractivity contribution in [1.82, 2.24) is 0 Å². The van der Waals surface area contributed by atoms with E-state index >= 15 is 0 Å². The fourth-order valence-electron chi connectivity index (χ4n) is 3.72. The van der Waals surface area contributed by atoms with Gasteiger partial charge in [0.1, 0.15) is 5.82 Å². The minimum atomic E-state index is -1.17. The highest BCUT2D eigenvalue weighted by molar-refractivity contribution is 5.85. The Morgan fingerprint density at radius 1 is 1.17 bits per heavy atom. The summed E-state index contributed by atoms with van der Waals surface area (Å²) in [5.41, 5.74) is 3.14. The van der Waals surface area contributed by atoms with Crippen LogP contribution >= 0.6 is 0 Å². The highest BCUT2D eigenvalue weighted by Crippen LogP contribution is 2.49. The minimum Gasteiger partial charge on any atom is -0.545 e. The second kappa shape index (κ2) is 5.23. The smallest absolute Gasteiger partial charge is 0.123 e. The molecule has 3 atom stereocenters. The number of benzene rings is 2. The fourth-order valence-corrected chi connectivity index (χ4v) is 3.72. The van der Waals surface area contributed by atoms with Gasteiger partial charge in [-0.25, -0.2) is 4.39 Å². The number of rotatable bonds is 2. The van der Waals surface area contributed by atoms with Gasteiger partial charge in [-0.05, 0) is 47.2 Å². The van der Waals surface area contributed by atoms with E-state index in [1.807, 2.05) is 12.1 Å². The number of hydrogen-bond donors (Lipinski definition) is 1. The summed E-state index contributed by atoms with van der Waals surface area (Å²) in [5, 5.41) is 14.4. The SMILES string of the molecule is O=C([O-])c1ccc([C@H]2Nc3ccc(F)cc3[C@H]3C=CC[C@@H]32)cc1. The van der Waals surface area contributed by atoms with Gasteiger partial charge in [0.2, 0.25) is 0 Å². The predicted molar refractivity (Wildman–Crippen MR) is 83.5 cm³/mol. The standard InChI is InChI=1S/C19H16FNO2/c20-13-8-9-17-16(10-13)14-2-1-3-15(14)18(21-17)11-4-6-12(7-5-11)19(22)23/h1-2,4-10,14-15,18,21H,3H2,(H,22,23)/p-1/t14-,15-,18+/m0/s1. The number of nitrogens with one attached hydrogen (secondary N) is 1. The van der Waals surface area contributed by atoms with Crippen molar-refractivity contribution in [3.63, 3.8) is 0 Å². The Bertz CT molecular complexity index is 798. The topological polar surface area (TPSA) is 52.2 Å². The number of carbonyl (C=O) groups excluding carboxylic acids is 1. The van der Waals surface area contributed by atoms with Gasteiger partial charge < -0.3 is 15.2 Å². The molecule has 0 radical (unpaired) electrons. The molecule has 2 aromatic rings. The summed E-state index contributed by atoms with van der Waals surface area (Å²) in [7, 11) is 0. The van der Waals surface area contributed by atoms with Gasteiger partial charge in [-0.1, -0.05) is 36.4 Å². The first-order chi connectivity index (χ1) is 11.1. The lowest BCUT2D eigenvalue weighted by atomic mass is 9.77. The third-order valence-corrected chi connectivity index (χ3v) is 4.83. The van der Waals surface area contributed by atoms with E-state index in [9.17, 15) is 14.3 Å². The average molecular weight is 308 g/mol. The highest BCUT2D eigenvalue weighted by Gasteiger charge is 2.37. The third kappa shape index (κ3) is 2.31. The van der Waals surface area contributed by atoms with Gasteiger partial charge in [0.05, 0.1) is 12.0 Å². The van der Waals surface area contributed by atoms with Crippen molar-refractivity contribution in [3.8, 4) is 0 Å². The number of allylic oxidation sites excluding steroid dienone is 2. The number of fused-ring (bicyclic) bond motifs is 3. The Balaban J connectivity index is 1.73. The molecule has 2 aliphatic rings. The van der Waals surface area contributed by atoms with Crippen molar-refractivity contribution in [1.29, 1.82) is 0 Å². The predicted octanol–water partition coefficient (Wildman–Crippen LogP) is 3.02. The van der Waals surface area contributed by atoms with E-state index in [1.165, 1.54) is 6.07 Å². The Morgan fingerprint density at radius 3 is 2.70 bits per heavy atom. The average Bonchev–Trinajstić information content (AvgIpc) is 3.04. The zero-order valence-electron chi connectivity index (χ0n) is 12.3. The molecule has 0 aromatic heterocycles. The molecule has 0 fully saturated rings. The Labute approximate surface area is 133 Å². The molecule has 1 aliphatic carbocycles. The fraction of sp³-hybridized carbons (Fsp3) is 0.211. The molecular formula is C19H15FNO2-. The number of carboxylic acid groups (broad SMARTS) is 1. The summed E-state index contributed by atoms with van der Waals surface area (Å²) in [4.78, 5) is 10.9. The van der Waals surface area contributed by atoms with Crippen LogP contribution in [0.3, 0.4) is 0 Å². The van der Waals surface area contributed by atoms with E-state index in [1.54, 1.807) is 24.3 Å². The van der Waals surface area contributed by atoms with Crippen LogP contribution in [0.5, 0.6) is 0 Å². The first-order valence-corrected chi connectivity index (χ1v) is 7.67. The largest absolute Gasteiger partial charge is 0.545 e. The Hall–Kier alpha value is -2.62. The van der Waals surface area contributed by atoms with Gasteiger partial charge in [-0.15, -0.1) is 0 Å². The molecular weight excluding hydrogens is 293 g/mol. The second-order valence-corrected chi connectivity index (χ2v) is 6.12. The summed E-state index contributed by atoms with van der Waals surface area (Å²) >= 11 is 0. The van der Waals surface area contributed by atoms with Crippen molar-refractivity contribution < 1.29 is 14.3 Å². The zero-order chi connectivity index (χ0) is 16.0. The van der Waals surface area contributed by atoms with Gasteiger partial charge >= 0.3 is 0 Å². The molecule has 0 saturated heterocycles. The monoisotopic (exact) mass is 308 g/mol. The lowest BCUT2D eigenvalue weighted by molar-refractivity contribution is -0.255. The van der Waals surface area contributed by atoms with Crippen LogP contribution in [0.1, 0.15) is 39.9 Å². The zero-order valence-corrected chi connectivity index (χ0v) is 12.3. The molecule has 4 heteroatoms. The summed E-state index contributed by atoms with van der Waals surface area (Å²) in [6, 6.07) is 11.7. The summed E-state index contributed by atoms with van der Waals surface area (Å²) in [5.74, 6) is -0.901. The Kier molecular flexibility index (Phi) is 3.18. The molecule has 0 unspecified atom stereocenters. The molecule has 3 nitrogen and oxygen atoms in total. The molecule has 1 heterocycles. The first kappa shape index (κ1) is 14.0. The quantitative estimate of drug-likeness (QED) is 0.868. The molecule has 116 valence electrons. The van der Waals surface area contributed by atoms with E-state index in [0.717, 1.165) is 23.2 Å². The number of carboxylic acids is 1. The number of aromatic carboxylic acids is 1. The summed E-state index contributed by atoms with van der Waals surface area (Å²) in [6.45, 7) is 0. The molecule has 2 aromatic carbocycles. The lowest BCUT2D eigenvalue weighted by Crippen LogP contribution is -2.29. The van der Waals surface area contributed by atoms with Crippen molar-refractivity contribution >= 4 is 11.7 Å². The minimum absolute atomic E-state index is 0.0729. The highest BCUT2D eigenvalue weighted by atomic mass is 19.1. The normalized spacial score (nSPS) is 24.7. The molecule has 0 saturated carbocycles. The number of halogens is 1. The van der Waals surface area contributed by atoms with Crippen molar-refractivity contribution in [2.24, 2.45) is 5.92 Å². The van der Waals surface area contributed by atoms with E-state index in [0.29, 0.717) is 5.92 Å². The molecule has 4 rings (SSSR count). The van der Waals surface area contributed by atoms with E-state index < -0.39 is 5.97 Å². The maximum atomic E-state index is 13.6. The van der Waals surface area contributed by atoms with Gasteiger partial charge in [-0.2, -0.15) is 0 Å². The van der Waals surface area contributed by atoms with Gasteiger partial charge in [0.25, 0.3) is 0 Å². The molecule has 1 aliphatic heterocycles. The van der Waals surface area contributed by atoms with Crippen molar-refractivity contribution in [2.75, 3.05) is 5.32 Å². The third-order valence-electron chi connectivity index (χ3n) is 4.83. The van der Waals surface area contributed by atoms with Crippen LogP contribution in [0.2, 0.25) is 0 Å². The van der Waals surface area contributed by atoms with E-state index in [-0.39, 0.29) is 23.3 Å². The van der Waals surface area contributed by atoms with Gasteiger partial charge in [0, 0.05) is 11.6 Å².